The van der Waals surface area contributed by atoms with Crippen LogP contribution in [0, 0.1) is 5.41 Å². The summed E-state index contributed by atoms with van der Waals surface area (Å²) in [7, 11) is 0. The number of hydrogen-bond acceptors (Lipinski definition) is 8. The van der Waals surface area contributed by atoms with Gasteiger partial charge in [0.25, 0.3) is 0 Å². The van der Waals surface area contributed by atoms with Gasteiger partial charge in [-0.3, -0.25) is 14.5 Å². The molecule has 3 amide bonds. The van der Waals surface area contributed by atoms with E-state index in [1.165, 1.54) is 18.6 Å². The molecule has 0 atom stereocenters. The number of piperidine rings is 1. The number of amides is 3. The normalized spacial score (nSPS) is 19.2. The van der Waals surface area contributed by atoms with Crippen LogP contribution in [-0.2, 0) is 16.1 Å². The van der Waals surface area contributed by atoms with Crippen molar-refractivity contribution in [3.8, 4) is 5.88 Å². The fourth-order valence-electron chi connectivity index (χ4n) is 3.91. The average molecular weight is 438 g/mol. The molecule has 2 fully saturated rings. The molecule has 0 N–H and O–H groups in total. The van der Waals surface area contributed by atoms with E-state index in [9.17, 15) is 14.4 Å². The summed E-state index contributed by atoms with van der Waals surface area (Å²) in [6.07, 6.45) is 4.73. The van der Waals surface area contributed by atoms with Gasteiger partial charge in [0.15, 0.2) is 0 Å². The Balaban J connectivity index is 1.30. The number of aromatic nitrogens is 3. The van der Waals surface area contributed by atoms with Gasteiger partial charge in [-0.05, 0) is 17.5 Å². The van der Waals surface area contributed by atoms with E-state index in [2.05, 4.69) is 19.9 Å². The maximum Gasteiger partial charge on any atom is 0.416 e. The smallest absolute Gasteiger partial charge is 0.391 e. The second-order valence-corrected chi connectivity index (χ2v) is 8.83. The summed E-state index contributed by atoms with van der Waals surface area (Å²) in [4.78, 5) is 54.6. The highest BCUT2D eigenvalue weighted by Gasteiger charge is 2.38. The Labute approximate surface area is 186 Å². The van der Waals surface area contributed by atoms with E-state index in [0.29, 0.717) is 51.3 Å². The molecule has 10 heteroatoms. The predicted molar refractivity (Wildman–Crippen MR) is 115 cm³/mol. The molecular formula is C22H26N6O4. The van der Waals surface area contributed by atoms with Crippen molar-refractivity contribution in [1.29, 1.82) is 0 Å². The molecule has 0 saturated carbocycles. The van der Waals surface area contributed by atoms with Gasteiger partial charge in [0.1, 0.15) is 6.33 Å². The first-order chi connectivity index (χ1) is 15.3. The molecule has 4 rings (SSSR count). The van der Waals surface area contributed by atoms with E-state index < -0.39 is 6.09 Å². The van der Waals surface area contributed by atoms with E-state index in [1.54, 1.807) is 17.2 Å². The zero-order chi connectivity index (χ0) is 22.7. The van der Waals surface area contributed by atoms with Gasteiger partial charge in [-0.15, -0.1) is 0 Å². The Hall–Kier alpha value is -3.40. The van der Waals surface area contributed by atoms with Gasteiger partial charge in [-0.1, -0.05) is 13.8 Å². The number of carbonyl (C=O) groups is 3. The Morgan fingerprint density at radius 2 is 1.75 bits per heavy atom. The second kappa shape index (κ2) is 8.99. The quantitative estimate of drug-likeness (QED) is 0.666. The molecule has 2 aromatic rings. The van der Waals surface area contributed by atoms with Crippen molar-refractivity contribution < 1.29 is 19.1 Å². The molecule has 0 bridgehead atoms. The van der Waals surface area contributed by atoms with Crippen LogP contribution in [0.5, 0.6) is 5.88 Å². The predicted octanol–water partition coefficient (Wildman–Crippen LogP) is 1.87. The maximum atomic E-state index is 12.5. The molecule has 2 aromatic heterocycles. The fraction of sp³-hybridized carbons (Fsp3) is 0.455. The lowest BCUT2D eigenvalue weighted by Crippen LogP contribution is -2.49. The first-order valence-corrected chi connectivity index (χ1v) is 10.6. The van der Waals surface area contributed by atoms with Crippen LogP contribution in [0.2, 0.25) is 0 Å². The maximum absolute atomic E-state index is 12.5. The number of pyridine rings is 1. The van der Waals surface area contributed by atoms with E-state index in [-0.39, 0.29) is 23.1 Å². The highest BCUT2D eigenvalue weighted by atomic mass is 16.6. The van der Waals surface area contributed by atoms with Gasteiger partial charge in [-0.25, -0.2) is 24.6 Å². The minimum atomic E-state index is -0.473. The Kier molecular flexibility index (Phi) is 6.13. The third kappa shape index (κ3) is 5.08. The zero-order valence-electron chi connectivity index (χ0n) is 18.2. The van der Waals surface area contributed by atoms with Crippen LogP contribution < -0.4 is 9.64 Å². The lowest BCUT2D eigenvalue weighted by atomic mass is 9.81. The van der Waals surface area contributed by atoms with E-state index in [1.807, 2.05) is 19.9 Å². The first-order valence-electron chi connectivity index (χ1n) is 10.6. The molecule has 2 aliphatic heterocycles. The highest BCUT2D eigenvalue weighted by molar-refractivity contribution is 6.16. The average Bonchev–Trinajstić information content (AvgIpc) is 2.75. The molecule has 2 saturated heterocycles. The SMILES string of the molecule is CC1(C)CC(=O)N(c2ccc(OC(=O)N3CCN(Cc4ccncn4)CC3)nc2)C(=O)C1. The van der Waals surface area contributed by atoms with E-state index in [0.717, 1.165) is 10.6 Å². The number of hydrogen-bond donors (Lipinski definition) is 0. The molecule has 0 unspecified atom stereocenters. The number of anilines is 1. The van der Waals surface area contributed by atoms with Gasteiger partial charge < -0.3 is 9.64 Å². The van der Waals surface area contributed by atoms with Crippen LogP contribution in [0.25, 0.3) is 0 Å². The van der Waals surface area contributed by atoms with Gasteiger partial charge >= 0.3 is 6.09 Å². The van der Waals surface area contributed by atoms with Crippen LogP contribution in [0.1, 0.15) is 32.4 Å². The van der Waals surface area contributed by atoms with Gasteiger partial charge in [0.05, 0.1) is 17.6 Å². The molecule has 168 valence electrons. The van der Waals surface area contributed by atoms with Crippen molar-refractivity contribution in [2.24, 2.45) is 5.41 Å². The lowest BCUT2D eigenvalue weighted by molar-refractivity contribution is -0.132. The number of carbonyl (C=O) groups excluding carboxylic acids is 3. The molecule has 0 radical (unpaired) electrons. The zero-order valence-corrected chi connectivity index (χ0v) is 18.2. The van der Waals surface area contributed by atoms with Crippen LogP contribution in [0.4, 0.5) is 10.5 Å². The Morgan fingerprint density at radius 3 is 2.34 bits per heavy atom. The molecular weight excluding hydrogens is 412 g/mol. The fourth-order valence-corrected chi connectivity index (χ4v) is 3.91. The van der Waals surface area contributed by atoms with Crippen LogP contribution >= 0.6 is 0 Å². The second-order valence-electron chi connectivity index (χ2n) is 8.83. The molecule has 0 aliphatic carbocycles. The first kappa shape index (κ1) is 21.8. The minimum Gasteiger partial charge on any atom is -0.391 e. The summed E-state index contributed by atoms with van der Waals surface area (Å²) in [5, 5.41) is 0. The molecule has 0 spiro atoms. The van der Waals surface area contributed by atoms with E-state index in [4.69, 9.17) is 4.74 Å². The van der Waals surface area contributed by atoms with Crippen molar-refractivity contribution in [2.45, 2.75) is 33.2 Å². The molecule has 10 nitrogen and oxygen atoms in total. The molecule has 2 aliphatic rings. The van der Waals surface area contributed by atoms with Crippen LogP contribution in [-0.4, -0.2) is 68.8 Å². The summed E-state index contributed by atoms with van der Waals surface area (Å²) in [6.45, 7) is 7.00. The van der Waals surface area contributed by atoms with Crippen LogP contribution in [0.15, 0.2) is 36.9 Å². The topological polar surface area (TPSA) is 109 Å². The van der Waals surface area contributed by atoms with Gasteiger partial charge in [-0.2, -0.15) is 0 Å². The summed E-state index contributed by atoms with van der Waals surface area (Å²) in [6, 6.07) is 4.95. The van der Waals surface area contributed by atoms with Crippen LogP contribution in [0.3, 0.4) is 0 Å². The van der Waals surface area contributed by atoms with E-state index >= 15 is 0 Å². The van der Waals surface area contributed by atoms with Crippen molar-refractivity contribution in [2.75, 3.05) is 31.1 Å². The highest BCUT2D eigenvalue weighted by Crippen LogP contribution is 2.34. The minimum absolute atomic E-state index is 0.124. The third-order valence-electron chi connectivity index (χ3n) is 5.59. The largest absolute Gasteiger partial charge is 0.416 e. The van der Waals surface area contributed by atoms with Gasteiger partial charge in [0, 0.05) is 57.8 Å². The number of ether oxygens (including phenoxy) is 1. The number of imide groups is 1. The Bertz CT molecular complexity index is 967. The molecule has 4 heterocycles. The molecule has 0 aromatic carbocycles. The van der Waals surface area contributed by atoms with Crippen molar-refractivity contribution in [3.05, 3.63) is 42.6 Å². The monoisotopic (exact) mass is 438 g/mol. The number of rotatable bonds is 4. The van der Waals surface area contributed by atoms with Crippen molar-refractivity contribution in [3.63, 3.8) is 0 Å². The summed E-state index contributed by atoms with van der Waals surface area (Å²) < 4.78 is 5.38. The Morgan fingerprint density at radius 1 is 1.03 bits per heavy atom. The third-order valence-corrected chi connectivity index (χ3v) is 5.59. The molecule has 32 heavy (non-hydrogen) atoms. The number of nitrogens with zero attached hydrogens (tertiary/aromatic N) is 6. The standard InChI is InChI=1S/C22H26N6O4/c1-22(2)11-19(29)28(20(30)12-22)17-3-4-18(24-13-17)32-21(31)27-9-7-26(8-10-27)14-16-5-6-23-15-25-16/h3-6,13,15H,7-12,14H2,1-2H3. The van der Waals surface area contributed by atoms with Gasteiger partial charge in [0.2, 0.25) is 17.7 Å². The lowest BCUT2D eigenvalue weighted by Gasteiger charge is -2.34. The summed E-state index contributed by atoms with van der Waals surface area (Å²) in [5.41, 5.74) is 0.982. The summed E-state index contributed by atoms with van der Waals surface area (Å²) in [5.74, 6) is -0.380. The summed E-state index contributed by atoms with van der Waals surface area (Å²) >= 11 is 0. The van der Waals surface area contributed by atoms with Crippen molar-refractivity contribution in [1.82, 2.24) is 24.8 Å². The van der Waals surface area contributed by atoms with Crippen molar-refractivity contribution >= 4 is 23.6 Å². The number of piperazine rings is 1.